The lowest BCUT2D eigenvalue weighted by molar-refractivity contribution is 0.708. The molecule has 2 heterocycles. The van der Waals surface area contributed by atoms with Crippen LogP contribution in [-0.4, -0.2) is 14.5 Å². The predicted molar refractivity (Wildman–Crippen MR) is 98.9 cm³/mol. The second-order valence-corrected chi connectivity index (χ2v) is 5.66. The topological polar surface area (TPSA) is 50.7 Å². The first-order chi connectivity index (χ1) is 11.8. The van der Waals surface area contributed by atoms with Crippen molar-refractivity contribution >= 4 is 34.0 Å². The van der Waals surface area contributed by atoms with Gasteiger partial charge in [0.1, 0.15) is 5.82 Å². The van der Waals surface area contributed by atoms with Gasteiger partial charge in [0.25, 0.3) is 5.56 Å². The highest BCUT2D eigenvalue weighted by molar-refractivity contribution is 5.91. The number of hydrogen-bond donors (Lipinski definition) is 1. The van der Waals surface area contributed by atoms with Crippen LogP contribution in [0.2, 0.25) is 0 Å². The normalized spacial score (nSPS) is 11.7. The largest absolute Gasteiger partial charge is 0.361 e. The number of aromatic amines is 1. The van der Waals surface area contributed by atoms with Crippen LogP contribution in [0.5, 0.6) is 0 Å². The Hall–Kier alpha value is -3.14. The Labute approximate surface area is 139 Å². The quantitative estimate of drug-likeness (QED) is 0.619. The van der Waals surface area contributed by atoms with E-state index in [4.69, 9.17) is 0 Å². The molecule has 0 fully saturated rings. The molecule has 0 atom stereocenters. The first-order valence-electron chi connectivity index (χ1n) is 8.01. The van der Waals surface area contributed by atoms with Crippen molar-refractivity contribution in [3.63, 3.8) is 0 Å². The number of hydrogen-bond acceptors (Lipinski definition) is 2. The minimum Gasteiger partial charge on any atom is -0.361 e. The predicted octanol–water partition coefficient (Wildman–Crippen LogP) is 4.07. The summed E-state index contributed by atoms with van der Waals surface area (Å²) >= 11 is 0. The van der Waals surface area contributed by atoms with Crippen molar-refractivity contribution in [3.05, 3.63) is 76.5 Å². The number of nitrogens with one attached hydrogen (secondary N) is 1. The summed E-state index contributed by atoms with van der Waals surface area (Å²) in [6.07, 6.45) is 5.88. The van der Waals surface area contributed by atoms with E-state index in [1.54, 1.807) is 4.57 Å². The van der Waals surface area contributed by atoms with Gasteiger partial charge < -0.3 is 4.98 Å². The maximum Gasteiger partial charge on any atom is 0.261 e. The van der Waals surface area contributed by atoms with Gasteiger partial charge in [-0.3, -0.25) is 9.36 Å². The zero-order valence-corrected chi connectivity index (χ0v) is 13.4. The molecule has 0 bridgehead atoms. The summed E-state index contributed by atoms with van der Waals surface area (Å²) in [6, 6.07) is 15.6. The molecule has 0 radical (unpaired) electrons. The van der Waals surface area contributed by atoms with Gasteiger partial charge in [0.05, 0.1) is 10.9 Å². The Balaban J connectivity index is 1.86. The number of nitrogens with zero attached hydrogens (tertiary/aromatic N) is 2. The van der Waals surface area contributed by atoms with Crippen LogP contribution >= 0.6 is 0 Å². The Bertz CT molecular complexity index is 1120. The Kier molecular flexibility index (Phi) is 3.50. The summed E-state index contributed by atoms with van der Waals surface area (Å²) < 4.78 is 1.70. The van der Waals surface area contributed by atoms with E-state index >= 15 is 0 Å². The first kappa shape index (κ1) is 14.5. The summed E-state index contributed by atoms with van der Waals surface area (Å²) in [4.78, 5) is 20.5. The molecule has 0 aliphatic heterocycles. The van der Waals surface area contributed by atoms with Gasteiger partial charge in [-0.2, -0.15) is 0 Å². The standard InChI is InChI=1S/C20H17N3O/c1-2-23-19(22-18-10-6-4-8-16(18)20(23)24)12-11-14-13-21-17-9-5-3-7-15(14)17/h3-13,21H,2H2,1H3/b12-11-. The lowest BCUT2D eigenvalue weighted by Crippen LogP contribution is -2.22. The average Bonchev–Trinajstić information content (AvgIpc) is 3.03. The monoisotopic (exact) mass is 315 g/mol. The molecule has 0 saturated carbocycles. The number of H-pyrrole nitrogens is 1. The molecule has 4 nitrogen and oxygen atoms in total. The van der Waals surface area contributed by atoms with E-state index in [0.717, 1.165) is 22.0 Å². The van der Waals surface area contributed by atoms with E-state index in [1.165, 1.54) is 0 Å². The van der Waals surface area contributed by atoms with Gasteiger partial charge in [0, 0.05) is 23.6 Å². The molecule has 2 aromatic carbocycles. The van der Waals surface area contributed by atoms with Crippen LogP contribution in [0.1, 0.15) is 18.3 Å². The molecule has 0 amide bonds. The molecule has 4 aromatic rings. The Morgan fingerprint density at radius 1 is 1.04 bits per heavy atom. The van der Waals surface area contributed by atoms with Crippen LogP contribution in [0.3, 0.4) is 0 Å². The van der Waals surface area contributed by atoms with Gasteiger partial charge in [-0.15, -0.1) is 0 Å². The number of benzene rings is 2. The van der Waals surface area contributed by atoms with Gasteiger partial charge >= 0.3 is 0 Å². The molecule has 0 aliphatic rings. The highest BCUT2D eigenvalue weighted by atomic mass is 16.1. The lowest BCUT2D eigenvalue weighted by Gasteiger charge is -2.08. The molecule has 0 spiro atoms. The number of fused-ring (bicyclic) bond motifs is 2. The maximum absolute atomic E-state index is 12.6. The van der Waals surface area contributed by atoms with Crippen LogP contribution in [-0.2, 0) is 6.54 Å². The summed E-state index contributed by atoms with van der Waals surface area (Å²) in [5, 5.41) is 1.81. The third kappa shape index (κ3) is 2.33. The molecular formula is C20H17N3O. The lowest BCUT2D eigenvalue weighted by atomic mass is 10.1. The van der Waals surface area contributed by atoms with Crippen LogP contribution in [0.4, 0.5) is 0 Å². The van der Waals surface area contributed by atoms with Crippen molar-refractivity contribution in [2.75, 3.05) is 0 Å². The van der Waals surface area contributed by atoms with Crippen molar-refractivity contribution < 1.29 is 0 Å². The SMILES string of the molecule is CCn1c(/C=C\c2c[nH]c3ccccc23)nc2ccccc2c1=O. The minimum absolute atomic E-state index is 0.00155. The van der Waals surface area contributed by atoms with E-state index in [1.807, 2.05) is 67.7 Å². The smallest absolute Gasteiger partial charge is 0.261 e. The van der Waals surface area contributed by atoms with Crippen LogP contribution in [0, 0.1) is 0 Å². The maximum atomic E-state index is 12.6. The fourth-order valence-electron chi connectivity index (χ4n) is 3.01. The van der Waals surface area contributed by atoms with Crippen molar-refractivity contribution in [2.24, 2.45) is 0 Å². The molecule has 2 aromatic heterocycles. The van der Waals surface area contributed by atoms with Crippen molar-refractivity contribution in [2.45, 2.75) is 13.5 Å². The van der Waals surface area contributed by atoms with E-state index in [9.17, 15) is 4.79 Å². The van der Waals surface area contributed by atoms with E-state index in [2.05, 4.69) is 16.0 Å². The van der Waals surface area contributed by atoms with Gasteiger partial charge in [0.15, 0.2) is 0 Å². The van der Waals surface area contributed by atoms with Gasteiger partial charge in [-0.05, 0) is 42.8 Å². The number of rotatable bonds is 3. The molecule has 0 unspecified atom stereocenters. The fraction of sp³-hybridized carbons (Fsp3) is 0.100. The minimum atomic E-state index is 0.00155. The molecule has 118 valence electrons. The van der Waals surface area contributed by atoms with E-state index in [0.29, 0.717) is 17.8 Å². The fourth-order valence-corrected chi connectivity index (χ4v) is 3.01. The molecule has 0 aliphatic carbocycles. The summed E-state index contributed by atoms with van der Waals surface area (Å²) in [6.45, 7) is 2.55. The Morgan fingerprint density at radius 3 is 2.62 bits per heavy atom. The second-order valence-electron chi connectivity index (χ2n) is 5.66. The number of para-hydroxylation sites is 2. The van der Waals surface area contributed by atoms with Crippen molar-refractivity contribution in [1.82, 2.24) is 14.5 Å². The van der Waals surface area contributed by atoms with E-state index in [-0.39, 0.29) is 5.56 Å². The zero-order valence-electron chi connectivity index (χ0n) is 13.4. The molecular weight excluding hydrogens is 298 g/mol. The van der Waals surface area contributed by atoms with Gasteiger partial charge in [0.2, 0.25) is 0 Å². The van der Waals surface area contributed by atoms with Crippen molar-refractivity contribution in [3.8, 4) is 0 Å². The molecule has 1 N–H and O–H groups in total. The van der Waals surface area contributed by atoms with Crippen molar-refractivity contribution in [1.29, 1.82) is 0 Å². The summed E-state index contributed by atoms with van der Waals surface area (Å²) in [7, 11) is 0. The summed E-state index contributed by atoms with van der Waals surface area (Å²) in [5.74, 6) is 0.673. The third-order valence-corrected chi connectivity index (χ3v) is 4.24. The highest BCUT2D eigenvalue weighted by Crippen LogP contribution is 2.20. The van der Waals surface area contributed by atoms with Gasteiger partial charge in [-0.1, -0.05) is 30.3 Å². The van der Waals surface area contributed by atoms with Crippen LogP contribution in [0.25, 0.3) is 34.0 Å². The number of aromatic nitrogens is 3. The molecule has 4 rings (SSSR count). The second kappa shape index (κ2) is 5.81. The zero-order chi connectivity index (χ0) is 16.5. The van der Waals surface area contributed by atoms with Crippen LogP contribution in [0.15, 0.2) is 59.5 Å². The third-order valence-electron chi connectivity index (χ3n) is 4.24. The van der Waals surface area contributed by atoms with Gasteiger partial charge in [-0.25, -0.2) is 4.98 Å². The molecule has 24 heavy (non-hydrogen) atoms. The highest BCUT2D eigenvalue weighted by Gasteiger charge is 2.07. The first-order valence-corrected chi connectivity index (χ1v) is 8.01. The average molecular weight is 315 g/mol. The Morgan fingerprint density at radius 2 is 1.79 bits per heavy atom. The molecule has 4 heteroatoms. The van der Waals surface area contributed by atoms with Crippen LogP contribution < -0.4 is 5.56 Å². The van der Waals surface area contributed by atoms with E-state index < -0.39 is 0 Å². The summed E-state index contributed by atoms with van der Waals surface area (Å²) in [5.41, 5.74) is 2.90. The molecule has 0 saturated heterocycles.